The number of nitrogens with zero attached hydrogens (tertiary/aromatic N) is 1. The topological polar surface area (TPSA) is 233 Å². The predicted molar refractivity (Wildman–Crippen MR) is 160 cm³/mol. The molecule has 1 rings (SSSR count). The Morgan fingerprint density at radius 2 is 1.34 bits per heavy atom. The molecule has 0 fully saturated rings. The summed E-state index contributed by atoms with van der Waals surface area (Å²) in [5.74, 6) is -5.29. The molecule has 3 N–H and O–H groups in total. The molecule has 0 aliphatic carbocycles. The summed E-state index contributed by atoms with van der Waals surface area (Å²) in [7, 11) is 1.05. The van der Waals surface area contributed by atoms with Crippen LogP contribution in [0, 0.1) is 0 Å². The third-order valence-corrected chi connectivity index (χ3v) is 5.34. The van der Waals surface area contributed by atoms with Crippen molar-refractivity contribution in [3.63, 3.8) is 0 Å². The summed E-state index contributed by atoms with van der Waals surface area (Å²) in [6.07, 6.45) is -5.76. The van der Waals surface area contributed by atoms with Crippen LogP contribution >= 0.6 is 0 Å². The lowest BCUT2D eigenvalue weighted by Gasteiger charge is -2.40. The number of aliphatic imine (C=N–C) groups is 1. The van der Waals surface area contributed by atoms with Crippen molar-refractivity contribution < 1.29 is 66.7 Å². The second-order valence-electron chi connectivity index (χ2n) is 12.1. The number of hydrogen-bond acceptors (Lipinski definition) is 15. The molecule has 0 radical (unpaired) electrons. The zero-order valence-corrected chi connectivity index (χ0v) is 28.3. The van der Waals surface area contributed by atoms with Gasteiger partial charge in [-0.2, -0.15) is 0 Å². The first kappa shape index (κ1) is 40.1. The van der Waals surface area contributed by atoms with Gasteiger partial charge < -0.3 is 38.5 Å². The largest absolute Gasteiger partial charge is 0.477 e. The first-order chi connectivity index (χ1) is 21.5. The molecule has 0 aromatic heterocycles. The molecule has 0 saturated heterocycles. The van der Waals surface area contributed by atoms with Crippen LogP contribution < -0.4 is 16.0 Å². The van der Waals surface area contributed by atoms with E-state index in [1.165, 1.54) is 0 Å². The number of nitrogens with one attached hydrogen (secondary N) is 3. The molecule has 3 amide bonds. The fourth-order valence-electron chi connectivity index (χ4n) is 3.92. The summed E-state index contributed by atoms with van der Waals surface area (Å²) in [4.78, 5) is 91.0. The summed E-state index contributed by atoms with van der Waals surface area (Å²) in [5, 5.41) is 7.17. The van der Waals surface area contributed by atoms with Gasteiger partial charge in [-0.25, -0.2) is 19.4 Å². The smallest absolute Gasteiger partial charge is 0.414 e. The van der Waals surface area contributed by atoms with Gasteiger partial charge in [-0.15, -0.1) is 0 Å². The van der Waals surface area contributed by atoms with E-state index in [0.29, 0.717) is 0 Å². The minimum Gasteiger partial charge on any atom is -0.477 e. The van der Waals surface area contributed by atoms with Gasteiger partial charge in [-0.3, -0.25) is 29.8 Å². The van der Waals surface area contributed by atoms with Gasteiger partial charge in [-0.05, 0) is 47.6 Å². The number of carbonyl (C=O) groups excluding carboxylic acids is 7. The highest BCUT2D eigenvalue weighted by Crippen LogP contribution is 2.28. The molecule has 47 heavy (non-hydrogen) atoms. The number of alkyl carbamates (subject to hydrolysis) is 2. The predicted octanol–water partition coefficient (Wildman–Crippen LogP) is 1.15. The van der Waals surface area contributed by atoms with E-state index in [-0.39, 0.29) is 0 Å². The van der Waals surface area contributed by atoms with Crippen LogP contribution in [-0.4, -0.2) is 103 Å². The summed E-state index contributed by atoms with van der Waals surface area (Å²) >= 11 is 0. The zero-order valence-electron chi connectivity index (χ0n) is 28.3. The molecule has 0 unspecified atom stereocenters. The molecule has 18 nitrogen and oxygen atoms in total. The molecule has 18 heteroatoms. The molecule has 1 aliphatic rings. The number of guanidine groups is 1. The Kier molecular flexibility index (Phi) is 14.6. The van der Waals surface area contributed by atoms with E-state index in [4.69, 9.17) is 33.2 Å². The Labute approximate surface area is 272 Å². The van der Waals surface area contributed by atoms with Gasteiger partial charge in [0, 0.05) is 27.7 Å². The molecule has 0 spiro atoms. The van der Waals surface area contributed by atoms with Crippen molar-refractivity contribution in [1.82, 2.24) is 16.0 Å². The Morgan fingerprint density at radius 1 is 0.830 bits per heavy atom. The molecule has 0 bridgehead atoms. The number of methoxy groups -OCH3 is 1. The molecule has 0 saturated carbocycles. The number of ether oxygens (including phenoxy) is 7. The lowest BCUT2D eigenvalue weighted by atomic mass is 9.92. The third-order valence-electron chi connectivity index (χ3n) is 5.34. The van der Waals surface area contributed by atoms with Crippen LogP contribution in [0.2, 0.25) is 0 Å². The molecule has 0 aromatic rings. The van der Waals surface area contributed by atoms with E-state index < -0.39 is 102 Å². The third kappa shape index (κ3) is 15.3. The fourth-order valence-corrected chi connectivity index (χ4v) is 3.92. The Hall–Kier alpha value is -4.90. The van der Waals surface area contributed by atoms with E-state index in [0.717, 1.165) is 40.9 Å². The first-order valence-electron chi connectivity index (χ1n) is 14.3. The summed E-state index contributed by atoms with van der Waals surface area (Å²) < 4.78 is 37.0. The van der Waals surface area contributed by atoms with Crippen molar-refractivity contribution >= 4 is 47.9 Å². The van der Waals surface area contributed by atoms with Gasteiger partial charge in [0.15, 0.2) is 18.3 Å². The van der Waals surface area contributed by atoms with Gasteiger partial charge in [0.05, 0.1) is 19.2 Å². The lowest BCUT2D eigenvalue weighted by Crippen LogP contribution is -2.61. The average molecular weight is 673 g/mol. The van der Waals surface area contributed by atoms with Crippen molar-refractivity contribution in [3.8, 4) is 0 Å². The number of carbonyl (C=O) groups is 7. The molecule has 1 heterocycles. The van der Waals surface area contributed by atoms with Gasteiger partial charge in [0.1, 0.15) is 17.8 Å². The van der Waals surface area contributed by atoms with E-state index >= 15 is 0 Å². The summed E-state index contributed by atoms with van der Waals surface area (Å²) in [6.45, 7) is 13.2. The molecular weight excluding hydrogens is 628 g/mol. The van der Waals surface area contributed by atoms with Crippen LogP contribution in [-0.2, 0) is 57.1 Å². The Bertz CT molecular complexity index is 1230. The fraction of sp³-hybridized carbons (Fsp3) is 0.655. The standard InChI is InChI=1S/C29H44N4O14/c1-14(34)30-21-18(31-25(32-26(39)46-28(5,6)7)33-27(40)47-29(8,9)10)12-19(24(38)41-11)45-23(21)22(44-17(4)37)20(43-16(3)36)13-42-15(2)35/h12,18,20-23H,13H2,1-11H3,(H,30,34)(H2,31,32,33,39,40)/t18-,20+,21+,22+,23+/m0/s1. The molecule has 264 valence electrons. The second-order valence-corrected chi connectivity index (χ2v) is 12.1. The zero-order chi connectivity index (χ0) is 36.3. The first-order valence-corrected chi connectivity index (χ1v) is 14.3. The van der Waals surface area contributed by atoms with E-state index in [9.17, 15) is 33.6 Å². The molecule has 1 aliphatic heterocycles. The summed E-state index contributed by atoms with van der Waals surface area (Å²) in [6, 6.07) is -2.78. The van der Waals surface area contributed by atoms with Gasteiger partial charge in [0.2, 0.25) is 17.6 Å². The molecule has 0 aromatic carbocycles. The SMILES string of the molecule is COC(=O)C1=C[C@H](N=C(NC(=O)OC(C)(C)C)NC(=O)OC(C)(C)C)[C@@H](NC(C)=O)[C@H]([C@H](OC(C)=O)[C@@H](COC(C)=O)OC(C)=O)O1. The maximum Gasteiger partial charge on any atom is 0.414 e. The second kappa shape index (κ2) is 17.1. The number of esters is 4. The quantitative estimate of drug-likeness (QED) is 0.135. The van der Waals surface area contributed by atoms with Crippen LogP contribution in [0.4, 0.5) is 9.59 Å². The van der Waals surface area contributed by atoms with Gasteiger partial charge in [-0.1, -0.05) is 0 Å². The molecular formula is C29H44N4O14. The average Bonchev–Trinajstić information content (AvgIpc) is 2.87. The monoisotopic (exact) mass is 672 g/mol. The number of amides is 3. The van der Waals surface area contributed by atoms with Crippen molar-refractivity contribution in [1.29, 1.82) is 0 Å². The van der Waals surface area contributed by atoms with Gasteiger partial charge in [0.25, 0.3) is 0 Å². The summed E-state index contributed by atoms with van der Waals surface area (Å²) in [5.41, 5.74) is -1.93. The molecule has 5 atom stereocenters. The maximum atomic E-state index is 12.8. The highest BCUT2D eigenvalue weighted by Gasteiger charge is 2.48. The lowest BCUT2D eigenvalue weighted by molar-refractivity contribution is -0.187. The number of rotatable bonds is 9. The van der Waals surface area contributed by atoms with Crippen molar-refractivity contribution in [2.45, 2.75) is 111 Å². The van der Waals surface area contributed by atoms with Gasteiger partial charge >= 0.3 is 36.1 Å². The number of hydrogen-bond donors (Lipinski definition) is 3. The minimum absolute atomic E-state index is 0.507. The minimum atomic E-state index is -1.65. The van der Waals surface area contributed by atoms with E-state index in [1.807, 2.05) is 0 Å². The highest BCUT2D eigenvalue weighted by atomic mass is 16.6. The van der Waals surface area contributed by atoms with Crippen LogP contribution in [0.3, 0.4) is 0 Å². The Balaban J connectivity index is 3.94. The van der Waals surface area contributed by atoms with Crippen molar-refractivity contribution in [3.05, 3.63) is 11.8 Å². The van der Waals surface area contributed by atoms with Crippen LogP contribution in [0.1, 0.15) is 69.2 Å². The van der Waals surface area contributed by atoms with E-state index in [1.54, 1.807) is 41.5 Å². The highest BCUT2D eigenvalue weighted by molar-refractivity contribution is 6.01. The van der Waals surface area contributed by atoms with Crippen LogP contribution in [0.15, 0.2) is 16.8 Å². The van der Waals surface area contributed by atoms with Crippen LogP contribution in [0.25, 0.3) is 0 Å². The Morgan fingerprint density at radius 3 is 1.74 bits per heavy atom. The van der Waals surface area contributed by atoms with Crippen LogP contribution in [0.5, 0.6) is 0 Å². The maximum absolute atomic E-state index is 12.8. The van der Waals surface area contributed by atoms with Crippen molar-refractivity contribution in [2.24, 2.45) is 4.99 Å². The normalized spacial score (nSPS) is 18.7. The van der Waals surface area contributed by atoms with Crippen molar-refractivity contribution in [2.75, 3.05) is 13.7 Å². The van der Waals surface area contributed by atoms with E-state index in [2.05, 4.69) is 20.9 Å².